The van der Waals surface area contributed by atoms with Gasteiger partial charge in [0.2, 0.25) is 5.91 Å². The van der Waals surface area contributed by atoms with Gasteiger partial charge in [0, 0.05) is 27.1 Å². The van der Waals surface area contributed by atoms with Crippen molar-refractivity contribution in [2.75, 3.05) is 33.7 Å². The topological polar surface area (TPSA) is 79.1 Å². The molecular weight excluding hydrogens is 356 g/mol. The lowest BCUT2D eigenvalue weighted by Crippen LogP contribution is -2.43. The van der Waals surface area contributed by atoms with Crippen LogP contribution in [0.4, 0.5) is 0 Å². The van der Waals surface area contributed by atoms with Crippen molar-refractivity contribution in [2.24, 2.45) is 4.99 Å². The number of ether oxygens (including phenoxy) is 1. The first-order valence-corrected chi connectivity index (χ1v) is 9.42. The monoisotopic (exact) mass is 386 g/mol. The molecule has 0 spiro atoms. The van der Waals surface area contributed by atoms with Crippen LogP contribution >= 0.6 is 0 Å². The summed E-state index contributed by atoms with van der Waals surface area (Å²) >= 11 is 0. The van der Waals surface area contributed by atoms with Crippen molar-refractivity contribution >= 4 is 11.9 Å². The van der Waals surface area contributed by atoms with Gasteiger partial charge in [0.1, 0.15) is 24.2 Å². The first-order chi connectivity index (χ1) is 13.4. The minimum absolute atomic E-state index is 0.0591. The van der Waals surface area contributed by atoms with Crippen molar-refractivity contribution in [1.82, 2.24) is 15.5 Å². The molecule has 7 heteroatoms. The van der Waals surface area contributed by atoms with Crippen LogP contribution in [0.3, 0.4) is 0 Å². The van der Waals surface area contributed by atoms with Gasteiger partial charge in [-0.2, -0.15) is 0 Å². The number of nitrogens with zero attached hydrogens (tertiary/aromatic N) is 2. The van der Waals surface area contributed by atoms with Crippen molar-refractivity contribution in [2.45, 2.75) is 26.4 Å². The fourth-order valence-electron chi connectivity index (χ4n) is 2.42. The highest BCUT2D eigenvalue weighted by Gasteiger charge is 2.08. The van der Waals surface area contributed by atoms with Gasteiger partial charge in [-0.1, -0.05) is 12.1 Å². The second-order valence-corrected chi connectivity index (χ2v) is 6.84. The van der Waals surface area contributed by atoms with E-state index in [4.69, 9.17) is 9.15 Å². The summed E-state index contributed by atoms with van der Waals surface area (Å²) in [4.78, 5) is 17.7. The summed E-state index contributed by atoms with van der Waals surface area (Å²) in [5, 5.41) is 6.47. The molecule has 2 aromatic rings. The number of hydrogen-bond acceptors (Lipinski definition) is 4. The van der Waals surface area contributed by atoms with E-state index in [1.807, 2.05) is 50.2 Å². The fourth-order valence-corrected chi connectivity index (χ4v) is 2.42. The SMILES string of the molecule is Cc1cccc(OC(C)CNC(=NCC(=O)N(C)C)NCCc2ccco2)c1. The molecule has 152 valence electrons. The number of aryl methyl sites for hydroxylation is 1. The van der Waals surface area contributed by atoms with Crippen LogP contribution in [-0.2, 0) is 11.2 Å². The summed E-state index contributed by atoms with van der Waals surface area (Å²) < 4.78 is 11.3. The largest absolute Gasteiger partial charge is 0.489 e. The van der Waals surface area contributed by atoms with Gasteiger partial charge in [-0.3, -0.25) is 4.79 Å². The number of furan rings is 1. The van der Waals surface area contributed by atoms with Crippen LogP contribution in [-0.4, -0.2) is 56.6 Å². The fraction of sp³-hybridized carbons (Fsp3) is 0.429. The summed E-state index contributed by atoms with van der Waals surface area (Å²) in [5.41, 5.74) is 1.15. The number of carbonyl (C=O) groups excluding carboxylic acids is 1. The van der Waals surface area contributed by atoms with Crippen LogP contribution in [0.25, 0.3) is 0 Å². The zero-order chi connectivity index (χ0) is 20.4. The highest BCUT2D eigenvalue weighted by Crippen LogP contribution is 2.13. The van der Waals surface area contributed by atoms with E-state index in [1.165, 1.54) is 4.90 Å². The van der Waals surface area contributed by atoms with Crippen LogP contribution in [0.15, 0.2) is 52.1 Å². The molecule has 0 aliphatic heterocycles. The molecule has 0 aliphatic rings. The summed E-state index contributed by atoms with van der Waals surface area (Å²) in [5.74, 6) is 2.24. The number of nitrogens with one attached hydrogen (secondary N) is 2. The van der Waals surface area contributed by atoms with E-state index in [1.54, 1.807) is 20.4 Å². The second-order valence-electron chi connectivity index (χ2n) is 6.84. The Morgan fingerprint density at radius 3 is 2.75 bits per heavy atom. The van der Waals surface area contributed by atoms with Gasteiger partial charge in [0.05, 0.1) is 12.8 Å². The molecule has 1 aromatic heterocycles. The number of amides is 1. The maximum absolute atomic E-state index is 11.8. The van der Waals surface area contributed by atoms with Crippen molar-refractivity contribution in [1.29, 1.82) is 0 Å². The number of benzene rings is 1. The molecule has 28 heavy (non-hydrogen) atoms. The number of hydrogen-bond donors (Lipinski definition) is 2. The highest BCUT2D eigenvalue weighted by atomic mass is 16.5. The van der Waals surface area contributed by atoms with Gasteiger partial charge < -0.3 is 24.7 Å². The van der Waals surface area contributed by atoms with Crippen molar-refractivity contribution in [3.8, 4) is 5.75 Å². The van der Waals surface area contributed by atoms with E-state index in [9.17, 15) is 4.79 Å². The third-order valence-corrected chi connectivity index (χ3v) is 4.00. The molecule has 1 aromatic carbocycles. The lowest BCUT2D eigenvalue weighted by molar-refractivity contribution is -0.127. The molecule has 1 atom stereocenters. The molecule has 2 rings (SSSR count). The zero-order valence-electron chi connectivity index (χ0n) is 17.1. The van der Waals surface area contributed by atoms with Crippen molar-refractivity contribution in [3.63, 3.8) is 0 Å². The number of carbonyl (C=O) groups is 1. The Labute approximate surface area is 166 Å². The van der Waals surface area contributed by atoms with E-state index in [2.05, 4.69) is 15.6 Å². The Hall–Kier alpha value is -2.96. The summed E-state index contributed by atoms with van der Waals surface area (Å²) in [6, 6.07) is 11.7. The van der Waals surface area contributed by atoms with Crippen molar-refractivity contribution in [3.05, 3.63) is 54.0 Å². The third kappa shape index (κ3) is 7.73. The van der Waals surface area contributed by atoms with Crippen LogP contribution in [0.5, 0.6) is 5.75 Å². The molecule has 0 saturated carbocycles. The van der Waals surface area contributed by atoms with Crippen LogP contribution in [0.1, 0.15) is 18.2 Å². The Morgan fingerprint density at radius 2 is 2.07 bits per heavy atom. The Kier molecular flexibility index (Phi) is 8.39. The molecule has 7 nitrogen and oxygen atoms in total. The Bertz CT molecular complexity index is 757. The van der Waals surface area contributed by atoms with Gasteiger partial charge >= 0.3 is 0 Å². The zero-order valence-corrected chi connectivity index (χ0v) is 17.1. The molecule has 1 amide bonds. The number of guanidine groups is 1. The van der Waals surface area contributed by atoms with E-state index in [0.717, 1.165) is 23.5 Å². The molecule has 0 bridgehead atoms. The lowest BCUT2D eigenvalue weighted by Gasteiger charge is -2.18. The smallest absolute Gasteiger partial charge is 0.243 e. The molecular formula is C21H30N4O3. The van der Waals surface area contributed by atoms with Crippen LogP contribution in [0, 0.1) is 6.92 Å². The molecule has 1 unspecified atom stereocenters. The quantitative estimate of drug-likeness (QED) is 0.510. The normalized spacial score (nSPS) is 12.4. The number of rotatable bonds is 9. The first-order valence-electron chi connectivity index (χ1n) is 9.42. The lowest BCUT2D eigenvalue weighted by atomic mass is 10.2. The second kappa shape index (κ2) is 11.0. The third-order valence-electron chi connectivity index (χ3n) is 4.00. The number of likely N-dealkylation sites (N-methyl/N-ethyl adjacent to an activating group) is 1. The van der Waals surface area contributed by atoms with Crippen molar-refractivity contribution < 1.29 is 13.9 Å². The minimum atomic E-state index is -0.0663. The maximum Gasteiger partial charge on any atom is 0.243 e. The van der Waals surface area contributed by atoms with Gasteiger partial charge in [-0.05, 0) is 43.7 Å². The van der Waals surface area contributed by atoms with Gasteiger partial charge in [-0.25, -0.2) is 4.99 Å². The molecule has 0 radical (unpaired) electrons. The van der Waals surface area contributed by atoms with Gasteiger partial charge in [-0.15, -0.1) is 0 Å². The standard InChI is InChI=1S/C21H30N4O3/c1-16-7-5-8-19(13-16)28-17(2)14-23-21(24-15-20(26)25(3)4)22-11-10-18-9-6-12-27-18/h5-9,12-13,17H,10-11,14-15H2,1-4H3,(H2,22,23,24). The molecule has 0 aliphatic carbocycles. The molecule has 0 fully saturated rings. The molecule has 2 N–H and O–H groups in total. The van der Waals surface area contributed by atoms with E-state index in [0.29, 0.717) is 19.0 Å². The van der Waals surface area contributed by atoms with Gasteiger partial charge in [0.25, 0.3) is 0 Å². The first kappa shape index (κ1) is 21.3. The Balaban J connectivity index is 1.87. The summed E-state index contributed by atoms with van der Waals surface area (Å²) in [7, 11) is 3.43. The predicted molar refractivity (Wildman–Crippen MR) is 111 cm³/mol. The Morgan fingerprint density at radius 1 is 1.25 bits per heavy atom. The number of aliphatic imine (C=N–C) groups is 1. The van der Waals surface area contributed by atoms with E-state index >= 15 is 0 Å². The van der Waals surface area contributed by atoms with E-state index < -0.39 is 0 Å². The molecule has 0 saturated heterocycles. The van der Waals surface area contributed by atoms with Gasteiger partial charge in [0.15, 0.2) is 5.96 Å². The predicted octanol–water partition coefficient (Wildman–Crippen LogP) is 2.22. The minimum Gasteiger partial charge on any atom is -0.489 e. The van der Waals surface area contributed by atoms with E-state index in [-0.39, 0.29) is 18.6 Å². The molecule has 1 heterocycles. The average molecular weight is 386 g/mol. The highest BCUT2D eigenvalue weighted by molar-refractivity contribution is 5.84. The summed E-state index contributed by atoms with van der Waals surface area (Å²) in [6.07, 6.45) is 2.32. The maximum atomic E-state index is 11.8. The van der Waals surface area contributed by atoms with Crippen LogP contribution in [0.2, 0.25) is 0 Å². The summed E-state index contributed by atoms with van der Waals surface area (Å²) in [6.45, 7) is 5.29. The van der Waals surface area contributed by atoms with Crippen LogP contribution < -0.4 is 15.4 Å². The average Bonchev–Trinajstić information content (AvgIpc) is 3.16.